The summed E-state index contributed by atoms with van der Waals surface area (Å²) in [5.74, 6) is -1.91. The van der Waals surface area contributed by atoms with Gasteiger partial charge in [0.1, 0.15) is 11.8 Å². The summed E-state index contributed by atoms with van der Waals surface area (Å²) in [6, 6.07) is 10.3. The molecular formula is C21H16N2O5S2. The fourth-order valence-corrected chi connectivity index (χ4v) is 5.22. The molecule has 0 saturated carbocycles. The molecule has 1 aliphatic heterocycles. The Kier molecular flexibility index (Phi) is 5.23. The van der Waals surface area contributed by atoms with Crippen molar-refractivity contribution in [3.8, 4) is 0 Å². The predicted octanol–water partition coefficient (Wildman–Crippen LogP) is 4.65. The predicted molar refractivity (Wildman–Crippen MR) is 114 cm³/mol. The molecule has 1 unspecified atom stereocenters. The standard InChI is InChI=1S/C21H16N2O5S2/c1-12-7-9-30-20(12)17-16(18(24)13-4-2-5-14(10-13)23(27)28)19(25)21(26)22(17)11-15-6-3-8-29-15/h2-10,17,24H,11H2,1H3/b18-16-. The fourth-order valence-electron chi connectivity index (χ4n) is 3.47. The Hall–Kier alpha value is -3.30. The minimum atomic E-state index is -0.798. The van der Waals surface area contributed by atoms with Crippen LogP contribution in [0.3, 0.4) is 0 Å². The zero-order chi connectivity index (χ0) is 21.4. The van der Waals surface area contributed by atoms with Crippen LogP contribution in [0.25, 0.3) is 5.76 Å². The number of carbonyl (C=O) groups excluding carboxylic acids is 2. The van der Waals surface area contributed by atoms with E-state index >= 15 is 0 Å². The Labute approximate surface area is 179 Å². The molecule has 0 radical (unpaired) electrons. The van der Waals surface area contributed by atoms with Crippen molar-refractivity contribution in [3.05, 3.63) is 89.8 Å². The van der Waals surface area contributed by atoms with Crippen molar-refractivity contribution < 1.29 is 19.6 Å². The van der Waals surface area contributed by atoms with Gasteiger partial charge in [-0.3, -0.25) is 19.7 Å². The van der Waals surface area contributed by atoms with E-state index in [2.05, 4.69) is 0 Å². The summed E-state index contributed by atoms with van der Waals surface area (Å²) >= 11 is 2.87. The zero-order valence-electron chi connectivity index (χ0n) is 15.8. The number of hydrogen-bond acceptors (Lipinski definition) is 7. The third kappa shape index (κ3) is 3.42. The number of nitro groups is 1. The summed E-state index contributed by atoms with van der Waals surface area (Å²) in [5, 5.41) is 25.9. The minimum Gasteiger partial charge on any atom is -0.507 e. The Balaban J connectivity index is 1.88. The second-order valence-corrected chi connectivity index (χ2v) is 8.76. The smallest absolute Gasteiger partial charge is 0.296 e. The average molecular weight is 441 g/mol. The van der Waals surface area contributed by atoms with Gasteiger partial charge in [-0.25, -0.2) is 0 Å². The number of Topliss-reactive ketones (excluding diaryl/α,β-unsaturated/α-hetero) is 1. The summed E-state index contributed by atoms with van der Waals surface area (Å²) in [6.07, 6.45) is 0. The van der Waals surface area contributed by atoms with Crippen molar-refractivity contribution in [2.45, 2.75) is 19.5 Å². The van der Waals surface area contributed by atoms with Crippen LogP contribution in [0.2, 0.25) is 0 Å². The number of nitrogens with zero attached hydrogens (tertiary/aromatic N) is 2. The van der Waals surface area contributed by atoms with E-state index in [9.17, 15) is 24.8 Å². The molecule has 1 fully saturated rings. The van der Waals surface area contributed by atoms with E-state index in [4.69, 9.17) is 0 Å². The van der Waals surface area contributed by atoms with Gasteiger partial charge in [0.05, 0.1) is 17.0 Å². The van der Waals surface area contributed by atoms with Crippen molar-refractivity contribution in [1.82, 2.24) is 4.90 Å². The summed E-state index contributed by atoms with van der Waals surface area (Å²) < 4.78 is 0. The van der Waals surface area contributed by atoms with Gasteiger partial charge in [0.25, 0.3) is 17.4 Å². The van der Waals surface area contributed by atoms with Gasteiger partial charge in [0, 0.05) is 27.5 Å². The molecule has 9 heteroatoms. The van der Waals surface area contributed by atoms with Crippen molar-refractivity contribution >= 4 is 45.8 Å². The molecule has 152 valence electrons. The molecule has 1 saturated heterocycles. The maximum absolute atomic E-state index is 13.0. The van der Waals surface area contributed by atoms with Crippen LogP contribution < -0.4 is 0 Å². The molecule has 1 atom stereocenters. The number of aryl methyl sites for hydroxylation is 1. The van der Waals surface area contributed by atoms with E-state index in [1.807, 2.05) is 35.9 Å². The number of carbonyl (C=O) groups is 2. The maximum Gasteiger partial charge on any atom is 0.296 e. The van der Waals surface area contributed by atoms with Gasteiger partial charge in [-0.2, -0.15) is 0 Å². The van der Waals surface area contributed by atoms with Gasteiger partial charge in [-0.15, -0.1) is 22.7 Å². The van der Waals surface area contributed by atoms with Crippen LogP contribution in [0.15, 0.2) is 58.8 Å². The van der Waals surface area contributed by atoms with Gasteiger partial charge in [0.15, 0.2) is 0 Å². The lowest BCUT2D eigenvalue weighted by Gasteiger charge is -2.24. The second-order valence-electron chi connectivity index (χ2n) is 6.78. The normalized spacial score (nSPS) is 18.2. The number of likely N-dealkylation sites (tertiary alicyclic amines) is 1. The van der Waals surface area contributed by atoms with Crippen molar-refractivity contribution in [1.29, 1.82) is 0 Å². The lowest BCUT2D eigenvalue weighted by atomic mass is 9.98. The van der Waals surface area contributed by atoms with E-state index in [-0.39, 0.29) is 23.4 Å². The topological polar surface area (TPSA) is 101 Å². The highest BCUT2D eigenvalue weighted by atomic mass is 32.1. The fraction of sp³-hybridized carbons (Fsp3) is 0.143. The Bertz CT molecular complexity index is 1180. The van der Waals surface area contributed by atoms with Crippen LogP contribution in [0.5, 0.6) is 0 Å². The number of aliphatic hydroxyl groups is 1. The number of thiophene rings is 2. The molecule has 2 aromatic heterocycles. The summed E-state index contributed by atoms with van der Waals surface area (Å²) in [4.78, 5) is 39.5. The Morgan fingerprint density at radius 1 is 1.17 bits per heavy atom. The number of benzene rings is 1. The molecule has 0 bridgehead atoms. The number of nitro benzene ring substituents is 1. The highest BCUT2D eigenvalue weighted by Crippen LogP contribution is 2.43. The summed E-state index contributed by atoms with van der Waals surface area (Å²) in [7, 11) is 0. The number of hydrogen-bond donors (Lipinski definition) is 1. The van der Waals surface area contributed by atoms with Crippen LogP contribution in [-0.2, 0) is 16.1 Å². The van der Waals surface area contributed by atoms with Crippen LogP contribution in [-0.4, -0.2) is 26.6 Å². The molecule has 0 spiro atoms. The molecule has 1 amide bonds. The third-order valence-electron chi connectivity index (χ3n) is 4.93. The Morgan fingerprint density at radius 3 is 2.60 bits per heavy atom. The van der Waals surface area contributed by atoms with Gasteiger partial charge >= 0.3 is 0 Å². The molecule has 0 aliphatic carbocycles. The van der Waals surface area contributed by atoms with Gasteiger partial charge < -0.3 is 10.0 Å². The first-order valence-electron chi connectivity index (χ1n) is 8.98. The van der Waals surface area contributed by atoms with Crippen LogP contribution in [0.1, 0.15) is 26.9 Å². The number of rotatable bonds is 5. The van der Waals surface area contributed by atoms with E-state index in [1.165, 1.54) is 51.8 Å². The third-order valence-corrected chi connectivity index (χ3v) is 6.86. The van der Waals surface area contributed by atoms with Gasteiger partial charge in [0.2, 0.25) is 0 Å². The van der Waals surface area contributed by atoms with Crippen molar-refractivity contribution in [2.75, 3.05) is 0 Å². The monoisotopic (exact) mass is 440 g/mol. The SMILES string of the molecule is Cc1ccsc1C1/C(=C(/O)c2cccc([N+](=O)[O-])c2)C(=O)C(=O)N1Cc1cccs1. The van der Waals surface area contributed by atoms with E-state index in [0.29, 0.717) is 0 Å². The van der Waals surface area contributed by atoms with E-state index in [0.717, 1.165) is 15.3 Å². The zero-order valence-corrected chi connectivity index (χ0v) is 17.4. The highest BCUT2D eigenvalue weighted by Gasteiger charge is 2.47. The first-order valence-corrected chi connectivity index (χ1v) is 10.7. The molecule has 1 aromatic carbocycles. The summed E-state index contributed by atoms with van der Waals surface area (Å²) in [5.41, 5.74) is 0.754. The van der Waals surface area contributed by atoms with E-state index in [1.54, 1.807) is 0 Å². The number of amides is 1. The molecular weight excluding hydrogens is 424 g/mol. The van der Waals surface area contributed by atoms with Gasteiger partial charge in [-0.05, 0) is 35.4 Å². The maximum atomic E-state index is 13.0. The van der Waals surface area contributed by atoms with Gasteiger partial charge in [-0.1, -0.05) is 18.2 Å². The number of ketones is 1. The van der Waals surface area contributed by atoms with Crippen molar-refractivity contribution in [2.24, 2.45) is 0 Å². The van der Waals surface area contributed by atoms with Crippen LogP contribution in [0, 0.1) is 17.0 Å². The Morgan fingerprint density at radius 2 is 1.97 bits per heavy atom. The van der Waals surface area contributed by atoms with Crippen LogP contribution >= 0.6 is 22.7 Å². The quantitative estimate of drug-likeness (QED) is 0.205. The minimum absolute atomic E-state index is 0.0531. The second kappa shape index (κ2) is 7.85. The first-order chi connectivity index (χ1) is 14.4. The lowest BCUT2D eigenvalue weighted by molar-refractivity contribution is -0.384. The lowest BCUT2D eigenvalue weighted by Crippen LogP contribution is -2.28. The number of non-ortho nitro benzene ring substituents is 1. The molecule has 1 N–H and O–H groups in total. The molecule has 3 aromatic rings. The molecule has 3 heterocycles. The molecule has 7 nitrogen and oxygen atoms in total. The molecule has 4 rings (SSSR count). The van der Waals surface area contributed by atoms with Crippen LogP contribution in [0.4, 0.5) is 5.69 Å². The molecule has 1 aliphatic rings. The number of aliphatic hydroxyl groups excluding tert-OH is 1. The van der Waals surface area contributed by atoms with Crippen molar-refractivity contribution in [3.63, 3.8) is 0 Å². The largest absolute Gasteiger partial charge is 0.507 e. The first kappa shape index (κ1) is 20.0. The average Bonchev–Trinajstić information content (AvgIpc) is 3.45. The molecule has 30 heavy (non-hydrogen) atoms. The summed E-state index contributed by atoms with van der Waals surface area (Å²) in [6.45, 7) is 2.11. The highest BCUT2D eigenvalue weighted by molar-refractivity contribution is 7.10. The van der Waals surface area contributed by atoms with E-state index < -0.39 is 28.4 Å².